The molecule has 0 atom stereocenters. The van der Waals surface area contributed by atoms with Crippen LogP contribution in [0, 0.1) is 0 Å². The molecule has 0 radical (unpaired) electrons. The number of hydrogen-bond donors (Lipinski definition) is 0. The predicted molar refractivity (Wildman–Crippen MR) is 59.6 cm³/mol. The maximum Gasteiger partial charge on any atom is 0.179 e. The van der Waals surface area contributed by atoms with E-state index in [2.05, 4.69) is 0 Å². The summed E-state index contributed by atoms with van der Waals surface area (Å²) in [6.07, 6.45) is 0.336. The first-order valence-corrected chi connectivity index (χ1v) is 5.17. The van der Waals surface area contributed by atoms with E-state index in [-0.39, 0.29) is 5.78 Å². The van der Waals surface area contributed by atoms with E-state index in [1.165, 1.54) is 11.3 Å². The zero-order chi connectivity index (χ0) is 9.84. The Hall–Kier alpha value is -0.740. The Kier molecular flexibility index (Phi) is 3.57. The summed E-state index contributed by atoms with van der Waals surface area (Å²) in [5, 5.41) is 1.89. The number of hydrogen-bond acceptors (Lipinski definition) is 3. The summed E-state index contributed by atoms with van der Waals surface area (Å²) in [5.41, 5.74) is 0. The van der Waals surface area contributed by atoms with E-state index in [1.54, 1.807) is 4.90 Å². The molecule has 0 N–H and O–H groups in total. The summed E-state index contributed by atoms with van der Waals surface area (Å²) >= 11 is 6.49. The lowest BCUT2D eigenvalue weighted by Gasteiger charge is -2.11. The Morgan fingerprint density at radius 2 is 2.31 bits per heavy atom. The summed E-state index contributed by atoms with van der Waals surface area (Å²) in [5.74, 6) is 0.105. The van der Waals surface area contributed by atoms with Crippen molar-refractivity contribution >= 4 is 34.3 Å². The predicted octanol–water partition coefficient (Wildman–Crippen LogP) is 2.21. The second-order valence-corrected chi connectivity index (χ2v) is 4.28. The van der Waals surface area contributed by atoms with Gasteiger partial charge in [0.15, 0.2) is 5.78 Å². The maximum atomic E-state index is 11.5. The second kappa shape index (κ2) is 4.48. The van der Waals surface area contributed by atoms with Gasteiger partial charge in [0.05, 0.1) is 16.3 Å². The van der Waals surface area contributed by atoms with Crippen molar-refractivity contribution in [3.8, 4) is 0 Å². The quantitative estimate of drug-likeness (QED) is 0.567. The fourth-order valence-corrected chi connectivity index (χ4v) is 1.62. The first kappa shape index (κ1) is 10.3. The van der Waals surface area contributed by atoms with E-state index in [1.807, 2.05) is 31.6 Å². The summed E-state index contributed by atoms with van der Waals surface area (Å²) in [6.45, 7) is 0. The summed E-state index contributed by atoms with van der Waals surface area (Å²) in [7, 11) is 3.70. The maximum absolute atomic E-state index is 11.5. The molecule has 0 aliphatic carbocycles. The molecule has 1 aromatic rings. The highest BCUT2D eigenvalue weighted by molar-refractivity contribution is 7.80. The van der Waals surface area contributed by atoms with E-state index < -0.39 is 0 Å². The van der Waals surface area contributed by atoms with Crippen molar-refractivity contribution < 1.29 is 4.79 Å². The smallest absolute Gasteiger partial charge is 0.179 e. The average molecular weight is 213 g/mol. The lowest BCUT2D eigenvalue weighted by Crippen LogP contribution is -2.22. The van der Waals surface area contributed by atoms with Gasteiger partial charge in [-0.1, -0.05) is 18.3 Å². The summed E-state index contributed by atoms with van der Waals surface area (Å²) in [6, 6.07) is 3.70. The second-order valence-electron chi connectivity index (χ2n) is 2.87. The van der Waals surface area contributed by atoms with Crippen LogP contribution in [-0.2, 0) is 0 Å². The molecule has 1 heterocycles. The Morgan fingerprint density at radius 1 is 1.62 bits per heavy atom. The van der Waals surface area contributed by atoms with E-state index in [9.17, 15) is 4.79 Å². The molecule has 0 amide bonds. The van der Waals surface area contributed by atoms with Gasteiger partial charge in [0, 0.05) is 14.1 Å². The minimum absolute atomic E-state index is 0.105. The minimum atomic E-state index is 0.105. The van der Waals surface area contributed by atoms with Crippen molar-refractivity contribution in [3.05, 3.63) is 22.4 Å². The Morgan fingerprint density at radius 3 is 2.77 bits per heavy atom. The van der Waals surface area contributed by atoms with Crippen LogP contribution in [0.15, 0.2) is 17.5 Å². The van der Waals surface area contributed by atoms with Gasteiger partial charge in [-0.2, -0.15) is 0 Å². The summed E-state index contributed by atoms with van der Waals surface area (Å²) < 4.78 is 0. The van der Waals surface area contributed by atoms with Crippen LogP contribution in [0.1, 0.15) is 16.1 Å². The fourth-order valence-electron chi connectivity index (χ4n) is 0.820. The highest BCUT2D eigenvalue weighted by Crippen LogP contribution is 2.11. The van der Waals surface area contributed by atoms with Crippen LogP contribution < -0.4 is 0 Å². The number of nitrogens with zero attached hydrogens (tertiary/aromatic N) is 1. The van der Waals surface area contributed by atoms with Gasteiger partial charge in [0.1, 0.15) is 0 Å². The van der Waals surface area contributed by atoms with Crippen molar-refractivity contribution in [2.45, 2.75) is 6.42 Å². The van der Waals surface area contributed by atoms with Gasteiger partial charge in [-0.05, 0) is 11.4 Å². The van der Waals surface area contributed by atoms with Gasteiger partial charge in [-0.15, -0.1) is 11.3 Å². The molecule has 0 saturated heterocycles. The number of rotatable bonds is 3. The van der Waals surface area contributed by atoms with Gasteiger partial charge in [-0.25, -0.2) is 0 Å². The van der Waals surface area contributed by atoms with Crippen molar-refractivity contribution in [3.63, 3.8) is 0 Å². The lowest BCUT2D eigenvalue weighted by molar-refractivity contribution is 0.100. The first-order valence-electron chi connectivity index (χ1n) is 3.88. The largest absolute Gasteiger partial charge is 0.372 e. The third kappa shape index (κ3) is 2.90. The van der Waals surface area contributed by atoms with Gasteiger partial charge < -0.3 is 4.90 Å². The van der Waals surface area contributed by atoms with E-state index in [4.69, 9.17) is 12.2 Å². The van der Waals surface area contributed by atoms with Crippen molar-refractivity contribution in [1.29, 1.82) is 0 Å². The van der Waals surface area contributed by atoms with Gasteiger partial charge >= 0.3 is 0 Å². The van der Waals surface area contributed by atoms with Gasteiger partial charge in [0.25, 0.3) is 0 Å². The molecule has 0 fully saturated rings. The Balaban J connectivity index is 2.57. The van der Waals surface area contributed by atoms with Gasteiger partial charge in [0.2, 0.25) is 0 Å². The van der Waals surface area contributed by atoms with Gasteiger partial charge in [-0.3, -0.25) is 4.79 Å². The van der Waals surface area contributed by atoms with Crippen LogP contribution in [0.25, 0.3) is 0 Å². The Bertz CT molecular complexity index is 303. The normalized spacial score (nSPS) is 9.69. The van der Waals surface area contributed by atoms with E-state index >= 15 is 0 Å². The standard InChI is InChI=1S/C9H11NOS2/c1-10(2)9(12)6-7(11)8-4-3-5-13-8/h3-5H,6H2,1-2H3. The summed E-state index contributed by atoms with van der Waals surface area (Å²) in [4.78, 5) is 14.8. The Labute approximate surface area is 87.2 Å². The van der Waals surface area contributed by atoms with Crippen LogP contribution in [0.5, 0.6) is 0 Å². The third-order valence-corrected chi connectivity index (χ3v) is 3.03. The number of carbonyl (C=O) groups excluding carboxylic acids is 1. The number of carbonyl (C=O) groups is 1. The number of Topliss-reactive ketones (excluding diaryl/α,β-unsaturated/α-hetero) is 1. The molecule has 0 bridgehead atoms. The van der Waals surface area contributed by atoms with Crippen LogP contribution in [-0.4, -0.2) is 29.8 Å². The monoisotopic (exact) mass is 213 g/mol. The lowest BCUT2D eigenvalue weighted by atomic mass is 10.2. The van der Waals surface area contributed by atoms with E-state index in [0.29, 0.717) is 11.4 Å². The van der Waals surface area contributed by atoms with E-state index in [0.717, 1.165) is 4.88 Å². The molecule has 13 heavy (non-hydrogen) atoms. The molecular weight excluding hydrogens is 202 g/mol. The highest BCUT2D eigenvalue weighted by Gasteiger charge is 2.10. The molecule has 1 rings (SSSR count). The van der Waals surface area contributed by atoms with Crippen LogP contribution in [0.4, 0.5) is 0 Å². The molecule has 70 valence electrons. The van der Waals surface area contributed by atoms with Crippen molar-refractivity contribution in [1.82, 2.24) is 4.90 Å². The molecule has 0 unspecified atom stereocenters. The zero-order valence-corrected chi connectivity index (χ0v) is 9.24. The van der Waals surface area contributed by atoms with Crippen LogP contribution in [0.2, 0.25) is 0 Å². The molecule has 2 nitrogen and oxygen atoms in total. The molecular formula is C9H11NOS2. The zero-order valence-electron chi connectivity index (χ0n) is 7.61. The molecule has 0 aliphatic rings. The third-order valence-electron chi connectivity index (χ3n) is 1.61. The highest BCUT2D eigenvalue weighted by atomic mass is 32.1. The average Bonchev–Trinajstić information content (AvgIpc) is 2.55. The van der Waals surface area contributed by atoms with Crippen LogP contribution in [0.3, 0.4) is 0 Å². The number of thiocarbonyl (C=S) groups is 1. The molecule has 0 aromatic carbocycles. The van der Waals surface area contributed by atoms with Crippen molar-refractivity contribution in [2.24, 2.45) is 0 Å². The minimum Gasteiger partial charge on any atom is -0.372 e. The number of thiophene rings is 1. The van der Waals surface area contributed by atoms with Crippen LogP contribution >= 0.6 is 23.6 Å². The molecule has 4 heteroatoms. The molecule has 0 spiro atoms. The molecule has 1 aromatic heterocycles. The molecule has 0 saturated carbocycles. The number of ketones is 1. The topological polar surface area (TPSA) is 20.3 Å². The van der Waals surface area contributed by atoms with Crippen molar-refractivity contribution in [2.75, 3.05) is 14.1 Å². The SMILES string of the molecule is CN(C)C(=S)CC(=O)c1cccs1. The fraction of sp³-hybridized carbons (Fsp3) is 0.333. The molecule has 0 aliphatic heterocycles. The first-order chi connectivity index (χ1) is 6.11.